The Kier molecular flexibility index (Phi) is 5.89. The van der Waals surface area contributed by atoms with Crippen LogP contribution in [0.1, 0.15) is 19.8 Å². The van der Waals surface area contributed by atoms with Crippen LogP contribution in [0.5, 0.6) is 0 Å². The summed E-state index contributed by atoms with van der Waals surface area (Å²) in [5.74, 6) is 2.52. The summed E-state index contributed by atoms with van der Waals surface area (Å²) in [4.78, 5) is 10.3. The first-order valence-corrected chi connectivity index (χ1v) is 4.96. The summed E-state index contributed by atoms with van der Waals surface area (Å²) < 4.78 is -0.0707. The van der Waals surface area contributed by atoms with Crippen LogP contribution in [0.2, 0.25) is 0 Å². The number of hydrogen-bond acceptors (Lipinski definition) is 1. The molecule has 0 radical (unpaired) electrons. The molecule has 2 atom stereocenters. The van der Waals surface area contributed by atoms with E-state index in [1.807, 2.05) is 6.92 Å². The van der Waals surface area contributed by atoms with Gasteiger partial charge in [0.05, 0.1) is 9.97 Å². The second kappa shape index (κ2) is 6.12. The lowest BCUT2D eigenvalue weighted by Crippen LogP contribution is -2.39. The van der Waals surface area contributed by atoms with Gasteiger partial charge in [-0.25, -0.2) is 4.79 Å². The normalized spacial score (nSPS) is 14.4. The number of amides is 1. The molecule has 0 fully saturated rings. The van der Waals surface area contributed by atoms with Gasteiger partial charge in [-0.05, 0) is 6.42 Å². The molecule has 0 aromatic rings. The minimum atomic E-state index is -1.01. The third-order valence-electron chi connectivity index (χ3n) is 1.42. The Hall–Kier alpha value is -0.440. The Labute approximate surface area is 86.1 Å². The summed E-state index contributed by atoms with van der Waals surface area (Å²) in [5.41, 5.74) is 0. The Morgan fingerprint density at radius 3 is 2.75 bits per heavy atom. The molecule has 1 amide bonds. The van der Waals surface area contributed by atoms with Crippen molar-refractivity contribution in [3.8, 4) is 12.3 Å². The Morgan fingerprint density at radius 1 is 1.83 bits per heavy atom. The van der Waals surface area contributed by atoms with Crippen molar-refractivity contribution in [3.05, 3.63) is 0 Å². The maximum absolute atomic E-state index is 10.3. The molecule has 0 saturated carbocycles. The highest BCUT2D eigenvalue weighted by Crippen LogP contribution is 2.10. The number of hydrogen-bond donors (Lipinski definition) is 2. The number of nitrogens with one attached hydrogen (secondary N) is 1. The number of carboxylic acid groups (broad SMARTS) is 1. The first-order valence-electron chi connectivity index (χ1n) is 3.71. The van der Waals surface area contributed by atoms with Crippen molar-refractivity contribution in [2.75, 3.05) is 0 Å². The van der Waals surface area contributed by atoms with Gasteiger partial charge >= 0.3 is 6.09 Å². The Bertz CT molecular complexity index is 188. The summed E-state index contributed by atoms with van der Waals surface area (Å²) in [6, 6.07) is -0.127. The maximum atomic E-state index is 10.3. The van der Waals surface area contributed by atoms with Crippen LogP contribution in [0.25, 0.3) is 0 Å². The van der Waals surface area contributed by atoms with Crippen molar-refractivity contribution in [1.82, 2.24) is 5.32 Å². The lowest BCUT2D eigenvalue weighted by atomic mass is 10.1. The van der Waals surface area contributed by atoms with Crippen molar-refractivity contribution in [1.29, 1.82) is 0 Å². The van der Waals surface area contributed by atoms with Crippen LogP contribution in [0.15, 0.2) is 0 Å². The van der Waals surface area contributed by atoms with E-state index in [1.165, 1.54) is 0 Å². The summed E-state index contributed by atoms with van der Waals surface area (Å²) in [7, 11) is 0. The van der Waals surface area contributed by atoms with Crippen LogP contribution in [-0.4, -0.2) is 21.2 Å². The molecule has 0 heterocycles. The molecule has 68 valence electrons. The number of carbonyl (C=O) groups is 1. The quantitative estimate of drug-likeness (QED) is 0.469. The van der Waals surface area contributed by atoms with Gasteiger partial charge in [0.25, 0.3) is 0 Å². The van der Waals surface area contributed by atoms with Crippen LogP contribution in [0, 0.1) is 12.3 Å². The summed E-state index contributed by atoms with van der Waals surface area (Å²) in [6.07, 6.45) is 5.88. The Balaban J connectivity index is 4.04. The number of rotatable bonds is 4. The lowest BCUT2D eigenvalue weighted by molar-refractivity contribution is 0.189. The summed E-state index contributed by atoms with van der Waals surface area (Å²) in [5, 5.41) is 10.9. The molecular weight excluding hydrogens is 269 g/mol. The van der Waals surface area contributed by atoms with E-state index in [4.69, 9.17) is 11.5 Å². The summed E-state index contributed by atoms with van der Waals surface area (Å²) in [6.45, 7) is 2.00. The third-order valence-corrected chi connectivity index (χ3v) is 2.65. The van der Waals surface area contributed by atoms with Crippen molar-refractivity contribution < 1.29 is 9.90 Å². The van der Waals surface area contributed by atoms with E-state index in [-0.39, 0.29) is 9.97 Å². The lowest BCUT2D eigenvalue weighted by Gasteiger charge is -2.17. The van der Waals surface area contributed by atoms with Crippen molar-refractivity contribution in [2.24, 2.45) is 0 Å². The Morgan fingerprint density at radius 2 is 2.42 bits per heavy atom. The van der Waals surface area contributed by atoms with Gasteiger partial charge in [0.1, 0.15) is 0 Å². The topological polar surface area (TPSA) is 49.3 Å². The minimum Gasteiger partial charge on any atom is -0.465 e. The standard InChI is InChI=1S/C8H12INO2/c1-3-5-7(6(9)4-2)10-8(11)12/h2,6-7,10H,3,5H2,1H3,(H,11,12). The average Bonchev–Trinajstić information content (AvgIpc) is 2.01. The average molecular weight is 281 g/mol. The molecule has 2 unspecified atom stereocenters. The monoisotopic (exact) mass is 281 g/mol. The van der Waals surface area contributed by atoms with Gasteiger partial charge < -0.3 is 10.4 Å². The van der Waals surface area contributed by atoms with Crippen LogP contribution in [0.4, 0.5) is 4.79 Å². The van der Waals surface area contributed by atoms with E-state index in [1.54, 1.807) is 0 Å². The highest BCUT2D eigenvalue weighted by Gasteiger charge is 2.17. The maximum Gasteiger partial charge on any atom is 0.404 e. The number of halogens is 1. The van der Waals surface area contributed by atoms with Crippen LogP contribution in [-0.2, 0) is 0 Å². The molecule has 2 N–H and O–H groups in total. The highest BCUT2D eigenvalue weighted by molar-refractivity contribution is 14.1. The van der Waals surface area contributed by atoms with Gasteiger partial charge in [0.15, 0.2) is 0 Å². The molecule has 0 aliphatic heterocycles. The smallest absolute Gasteiger partial charge is 0.404 e. The molecule has 0 bridgehead atoms. The van der Waals surface area contributed by atoms with Gasteiger partial charge in [-0.3, -0.25) is 0 Å². The zero-order valence-electron chi connectivity index (χ0n) is 6.88. The molecule has 12 heavy (non-hydrogen) atoms. The minimum absolute atomic E-state index is 0.0707. The van der Waals surface area contributed by atoms with Crippen molar-refractivity contribution in [3.63, 3.8) is 0 Å². The van der Waals surface area contributed by atoms with Crippen LogP contribution in [0.3, 0.4) is 0 Å². The molecule has 0 aliphatic carbocycles. The van der Waals surface area contributed by atoms with Gasteiger partial charge in [-0.2, -0.15) is 0 Å². The van der Waals surface area contributed by atoms with E-state index in [2.05, 4.69) is 33.8 Å². The molecule has 0 aromatic carbocycles. The molecule has 0 spiro atoms. The molecule has 0 rings (SSSR count). The molecular formula is C8H12INO2. The van der Waals surface area contributed by atoms with E-state index in [0.717, 1.165) is 12.8 Å². The fraction of sp³-hybridized carbons (Fsp3) is 0.625. The van der Waals surface area contributed by atoms with Gasteiger partial charge in [-0.15, -0.1) is 6.42 Å². The molecule has 3 nitrogen and oxygen atoms in total. The predicted molar refractivity (Wildman–Crippen MR) is 56.5 cm³/mol. The number of alkyl halides is 1. The first-order chi connectivity index (χ1) is 5.61. The zero-order chi connectivity index (χ0) is 9.56. The zero-order valence-corrected chi connectivity index (χ0v) is 9.04. The second-order valence-corrected chi connectivity index (χ2v) is 3.76. The first kappa shape index (κ1) is 11.6. The molecule has 0 aromatic heterocycles. The largest absolute Gasteiger partial charge is 0.465 e. The second-order valence-electron chi connectivity index (χ2n) is 2.41. The fourth-order valence-corrected chi connectivity index (χ4v) is 1.42. The van der Waals surface area contributed by atoms with E-state index in [0.29, 0.717) is 0 Å². The van der Waals surface area contributed by atoms with Gasteiger partial charge in [0.2, 0.25) is 0 Å². The van der Waals surface area contributed by atoms with E-state index < -0.39 is 6.09 Å². The van der Waals surface area contributed by atoms with Crippen molar-refractivity contribution >= 4 is 28.7 Å². The molecule has 0 saturated heterocycles. The van der Waals surface area contributed by atoms with E-state index in [9.17, 15) is 4.79 Å². The fourth-order valence-electron chi connectivity index (χ4n) is 0.877. The van der Waals surface area contributed by atoms with Crippen molar-refractivity contribution in [2.45, 2.75) is 29.7 Å². The SMILES string of the molecule is C#CC(I)C(CCC)NC(=O)O. The predicted octanol–water partition coefficient (Wildman–Crippen LogP) is 1.86. The van der Waals surface area contributed by atoms with Crippen LogP contribution < -0.4 is 5.32 Å². The molecule has 4 heteroatoms. The van der Waals surface area contributed by atoms with E-state index >= 15 is 0 Å². The summed E-state index contributed by atoms with van der Waals surface area (Å²) >= 11 is 2.06. The molecule has 0 aliphatic rings. The third kappa shape index (κ3) is 4.44. The highest BCUT2D eigenvalue weighted by atomic mass is 127. The number of terminal acetylenes is 1. The van der Waals surface area contributed by atoms with Crippen LogP contribution >= 0.6 is 22.6 Å². The van der Waals surface area contributed by atoms with Gasteiger partial charge in [0, 0.05) is 0 Å². The van der Waals surface area contributed by atoms with Gasteiger partial charge in [-0.1, -0.05) is 41.9 Å².